The fraction of sp³-hybridized carbons (Fsp3) is 0.235. The van der Waals surface area contributed by atoms with E-state index >= 15 is 0 Å². The summed E-state index contributed by atoms with van der Waals surface area (Å²) in [4.78, 5) is 4.29. The van der Waals surface area contributed by atoms with Crippen LogP contribution in [0.25, 0.3) is 0 Å². The van der Waals surface area contributed by atoms with E-state index in [1.54, 1.807) is 6.07 Å². The van der Waals surface area contributed by atoms with E-state index in [0.29, 0.717) is 15.9 Å². The van der Waals surface area contributed by atoms with E-state index in [-0.39, 0.29) is 0 Å². The van der Waals surface area contributed by atoms with E-state index < -0.39 is 0 Å². The molecule has 1 fully saturated rings. The third-order valence-corrected chi connectivity index (χ3v) is 4.59. The number of nitrogens with zero attached hydrogens (tertiary/aromatic N) is 2. The molecule has 0 unspecified atom stereocenters. The lowest BCUT2D eigenvalue weighted by atomic mass is 10.2. The second-order valence-corrected chi connectivity index (χ2v) is 6.17. The molecule has 0 aromatic heterocycles. The van der Waals surface area contributed by atoms with Crippen LogP contribution in [-0.2, 0) is 0 Å². The van der Waals surface area contributed by atoms with Gasteiger partial charge in [0, 0.05) is 26.2 Å². The monoisotopic (exact) mass is 347 g/mol. The summed E-state index contributed by atoms with van der Waals surface area (Å²) in [5, 5.41) is 14.5. The standard InChI is InChI=1S/C17H18ClN3OS/c18-13-5-1-2-6-14(13)19-17(23)21-11-9-20(10-12-21)15-7-3-4-8-16(15)22/h1-8,22H,9-12H2,(H,19,23). The van der Waals surface area contributed by atoms with E-state index in [9.17, 15) is 5.11 Å². The molecule has 0 atom stereocenters. The van der Waals surface area contributed by atoms with E-state index in [2.05, 4.69) is 15.1 Å². The van der Waals surface area contributed by atoms with Crippen molar-refractivity contribution in [1.29, 1.82) is 0 Å². The highest BCUT2D eigenvalue weighted by molar-refractivity contribution is 7.80. The highest BCUT2D eigenvalue weighted by Crippen LogP contribution is 2.27. The summed E-state index contributed by atoms with van der Waals surface area (Å²) in [6.07, 6.45) is 0. The number of para-hydroxylation sites is 3. The van der Waals surface area contributed by atoms with Gasteiger partial charge < -0.3 is 20.2 Å². The summed E-state index contributed by atoms with van der Waals surface area (Å²) in [7, 11) is 0. The Morgan fingerprint density at radius 3 is 2.35 bits per heavy atom. The van der Waals surface area contributed by atoms with E-state index in [0.717, 1.165) is 37.6 Å². The molecule has 1 saturated heterocycles. The summed E-state index contributed by atoms with van der Waals surface area (Å²) in [6, 6.07) is 15.0. The average molecular weight is 348 g/mol. The summed E-state index contributed by atoms with van der Waals surface area (Å²) >= 11 is 11.6. The minimum absolute atomic E-state index is 0.317. The molecule has 4 nitrogen and oxygen atoms in total. The largest absolute Gasteiger partial charge is 0.506 e. The van der Waals surface area contributed by atoms with Crippen molar-refractivity contribution in [1.82, 2.24) is 4.90 Å². The maximum Gasteiger partial charge on any atom is 0.173 e. The number of phenolic OH excluding ortho intramolecular Hbond substituents is 1. The predicted molar refractivity (Wildman–Crippen MR) is 99.6 cm³/mol. The first-order valence-corrected chi connectivity index (χ1v) is 8.27. The zero-order valence-corrected chi connectivity index (χ0v) is 14.1. The van der Waals surface area contributed by atoms with E-state index in [4.69, 9.17) is 23.8 Å². The Kier molecular flexibility index (Phi) is 4.88. The molecule has 2 aromatic rings. The molecule has 0 aliphatic carbocycles. The molecule has 120 valence electrons. The first-order chi connectivity index (χ1) is 11.1. The van der Waals surface area contributed by atoms with Crippen LogP contribution in [0.1, 0.15) is 0 Å². The lowest BCUT2D eigenvalue weighted by molar-refractivity contribution is 0.387. The third kappa shape index (κ3) is 3.68. The van der Waals surface area contributed by atoms with Crippen molar-refractivity contribution < 1.29 is 5.11 Å². The highest BCUT2D eigenvalue weighted by atomic mass is 35.5. The Morgan fingerprint density at radius 2 is 1.65 bits per heavy atom. The number of halogens is 1. The number of piperazine rings is 1. The predicted octanol–water partition coefficient (Wildman–Crippen LogP) is 3.56. The minimum Gasteiger partial charge on any atom is -0.506 e. The van der Waals surface area contributed by atoms with Gasteiger partial charge in [-0.3, -0.25) is 0 Å². The molecule has 0 bridgehead atoms. The zero-order chi connectivity index (χ0) is 16.2. The van der Waals surface area contributed by atoms with Crippen LogP contribution < -0.4 is 10.2 Å². The number of benzene rings is 2. The number of aromatic hydroxyl groups is 1. The molecule has 0 spiro atoms. The Hall–Kier alpha value is -1.98. The maximum absolute atomic E-state index is 9.96. The fourth-order valence-corrected chi connectivity index (χ4v) is 3.11. The van der Waals surface area contributed by atoms with Crippen LogP contribution >= 0.6 is 23.8 Å². The quantitative estimate of drug-likeness (QED) is 0.813. The fourth-order valence-electron chi connectivity index (χ4n) is 2.64. The smallest absolute Gasteiger partial charge is 0.173 e. The van der Waals surface area contributed by atoms with Gasteiger partial charge in [-0.25, -0.2) is 0 Å². The number of anilines is 2. The van der Waals surface area contributed by atoms with Gasteiger partial charge in [-0.2, -0.15) is 0 Å². The van der Waals surface area contributed by atoms with Crippen molar-refractivity contribution in [3.05, 3.63) is 53.6 Å². The lowest BCUT2D eigenvalue weighted by Crippen LogP contribution is -2.50. The Bertz CT molecular complexity index is 702. The SMILES string of the molecule is Oc1ccccc1N1CCN(C(=S)Nc2ccccc2Cl)CC1. The maximum atomic E-state index is 9.96. The average Bonchev–Trinajstić information content (AvgIpc) is 2.57. The molecule has 3 rings (SSSR count). The molecule has 0 amide bonds. The highest BCUT2D eigenvalue weighted by Gasteiger charge is 2.21. The van der Waals surface area contributed by atoms with E-state index in [1.165, 1.54) is 0 Å². The van der Waals surface area contributed by atoms with Crippen LogP contribution in [0, 0.1) is 0 Å². The molecule has 0 radical (unpaired) electrons. The Labute approximate surface area is 146 Å². The van der Waals surface area contributed by atoms with Crippen molar-refractivity contribution in [2.75, 3.05) is 36.4 Å². The van der Waals surface area contributed by atoms with Crippen molar-refractivity contribution in [3.8, 4) is 5.75 Å². The summed E-state index contributed by atoms with van der Waals surface area (Å²) < 4.78 is 0. The van der Waals surface area contributed by atoms with Crippen LogP contribution in [0.2, 0.25) is 5.02 Å². The van der Waals surface area contributed by atoms with Gasteiger partial charge in [0.25, 0.3) is 0 Å². The van der Waals surface area contributed by atoms with Crippen molar-refractivity contribution >= 4 is 40.3 Å². The third-order valence-electron chi connectivity index (χ3n) is 3.90. The molecule has 2 aromatic carbocycles. The van der Waals surface area contributed by atoms with Crippen molar-refractivity contribution in [2.45, 2.75) is 0 Å². The second kappa shape index (κ2) is 7.06. The van der Waals surface area contributed by atoms with Gasteiger partial charge in [-0.15, -0.1) is 0 Å². The second-order valence-electron chi connectivity index (χ2n) is 5.37. The molecule has 23 heavy (non-hydrogen) atoms. The number of nitrogens with one attached hydrogen (secondary N) is 1. The lowest BCUT2D eigenvalue weighted by Gasteiger charge is -2.37. The molecule has 1 aliphatic rings. The topological polar surface area (TPSA) is 38.7 Å². The Balaban J connectivity index is 1.60. The van der Waals surface area contributed by atoms with Crippen LogP contribution in [0.3, 0.4) is 0 Å². The van der Waals surface area contributed by atoms with Crippen LogP contribution in [-0.4, -0.2) is 41.3 Å². The summed E-state index contributed by atoms with van der Waals surface area (Å²) in [6.45, 7) is 3.21. The van der Waals surface area contributed by atoms with Gasteiger partial charge in [0.2, 0.25) is 0 Å². The summed E-state index contributed by atoms with van der Waals surface area (Å²) in [5.41, 5.74) is 1.69. The van der Waals surface area contributed by atoms with Gasteiger partial charge in [0.15, 0.2) is 5.11 Å². The molecule has 0 saturated carbocycles. The molecular formula is C17H18ClN3OS. The van der Waals surface area contributed by atoms with Crippen LogP contribution in [0.15, 0.2) is 48.5 Å². The Morgan fingerprint density at radius 1 is 1.00 bits per heavy atom. The first kappa shape index (κ1) is 15.9. The first-order valence-electron chi connectivity index (χ1n) is 7.48. The number of thiocarbonyl (C=S) groups is 1. The molecular weight excluding hydrogens is 330 g/mol. The van der Waals surface area contributed by atoms with Gasteiger partial charge in [0.1, 0.15) is 5.75 Å². The van der Waals surface area contributed by atoms with Crippen LogP contribution in [0.4, 0.5) is 11.4 Å². The van der Waals surface area contributed by atoms with Gasteiger partial charge >= 0.3 is 0 Å². The summed E-state index contributed by atoms with van der Waals surface area (Å²) in [5.74, 6) is 0.317. The molecule has 6 heteroatoms. The van der Waals surface area contributed by atoms with Gasteiger partial charge in [0.05, 0.1) is 16.4 Å². The number of rotatable bonds is 2. The normalized spacial score (nSPS) is 14.7. The number of phenols is 1. The van der Waals surface area contributed by atoms with Gasteiger partial charge in [-0.1, -0.05) is 35.9 Å². The zero-order valence-electron chi connectivity index (χ0n) is 12.6. The molecule has 2 N–H and O–H groups in total. The van der Waals surface area contributed by atoms with Crippen LogP contribution in [0.5, 0.6) is 5.75 Å². The van der Waals surface area contributed by atoms with Crippen molar-refractivity contribution in [2.24, 2.45) is 0 Å². The van der Waals surface area contributed by atoms with Gasteiger partial charge in [-0.05, 0) is 36.5 Å². The van der Waals surface area contributed by atoms with E-state index in [1.807, 2.05) is 42.5 Å². The minimum atomic E-state index is 0.317. The van der Waals surface area contributed by atoms with Crippen molar-refractivity contribution in [3.63, 3.8) is 0 Å². The molecule has 1 aliphatic heterocycles. The number of hydrogen-bond donors (Lipinski definition) is 2. The number of hydrogen-bond acceptors (Lipinski definition) is 3. The molecule has 1 heterocycles.